The zero-order valence-corrected chi connectivity index (χ0v) is 26.2. The highest BCUT2D eigenvalue weighted by Crippen LogP contribution is 2.56. The lowest BCUT2D eigenvalue weighted by atomic mass is 9.90. The Morgan fingerprint density at radius 3 is 1.85 bits per heavy atom. The van der Waals surface area contributed by atoms with Gasteiger partial charge in [0, 0.05) is 41.2 Å². The maximum atomic E-state index is 14.4. The summed E-state index contributed by atoms with van der Waals surface area (Å²) in [4.78, 5) is 38.9. The van der Waals surface area contributed by atoms with Crippen LogP contribution < -0.4 is 23.7 Å². The van der Waals surface area contributed by atoms with E-state index < -0.39 is 11.4 Å². The molecule has 0 atom stereocenters. The predicted molar refractivity (Wildman–Crippen MR) is 171 cm³/mol. The summed E-state index contributed by atoms with van der Waals surface area (Å²) in [7, 11) is 6.11. The minimum absolute atomic E-state index is 0.133. The SMILES string of the molecule is COc1[c]c(-c2ccc3c(c2)CCC3=O)cc(C2(C(=O)Oc3c(-c4ccc5c(c4)CCC5=O)ccc(OC)c3OC)CC2)c1OC. The molecule has 1 fully saturated rings. The number of Topliss-reactive ketones (excluding diaryl/α,β-unsaturated/α-hetero) is 2. The van der Waals surface area contributed by atoms with Gasteiger partial charge in [0.1, 0.15) is 0 Å². The molecule has 0 aromatic heterocycles. The van der Waals surface area contributed by atoms with Gasteiger partial charge in [0.25, 0.3) is 0 Å². The molecule has 0 saturated heterocycles. The lowest BCUT2D eigenvalue weighted by Gasteiger charge is -2.23. The fourth-order valence-electron chi connectivity index (χ4n) is 6.78. The van der Waals surface area contributed by atoms with Crippen molar-refractivity contribution in [3.63, 3.8) is 0 Å². The highest BCUT2D eigenvalue weighted by Gasteiger charge is 2.55. The number of hydrogen-bond acceptors (Lipinski definition) is 8. The van der Waals surface area contributed by atoms with E-state index in [0.717, 1.165) is 38.9 Å². The minimum Gasteiger partial charge on any atom is -0.493 e. The van der Waals surface area contributed by atoms with Crippen LogP contribution in [0.3, 0.4) is 0 Å². The summed E-state index contributed by atoms with van der Waals surface area (Å²) >= 11 is 0. The van der Waals surface area contributed by atoms with E-state index >= 15 is 0 Å². The molecule has 0 unspecified atom stereocenters. The van der Waals surface area contributed by atoms with Gasteiger partial charge in [-0.1, -0.05) is 36.4 Å². The highest BCUT2D eigenvalue weighted by atomic mass is 16.6. The molecule has 7 rings (SSSR count). The van der Waals surface area contributed by atoms with Gasteiger partial charge in [0.15, 0.2) is 34.6 Å². The summed E-state index contributed by atoms with van der Waals surface area (Å²) in [5.41, 5.74) is 6.11. The first-order valence-corrected chi connectivity index (χ1v) is 15.3. The largest absolute Gasteiger partial charge is 0.493 e. The third-order valence-corrected chi connectivity index (χ3v) is 9.42. The van der Waals surface area contributed by atoms with Gasteiger partial charge in [-0.15, -0.1) is 0 Å². The maximum absolute atomic E-state index is 14.4. The van der Waals surface area contributed by atoms with Crippen molar-refractivity contribution in [1.29, 1.82) is 0 Å². The predicted octanol–water partition coefficient (Wildman–Crippen LogP) is 6.75. The van der Waals surface area contributed by atoms with Gasteiger partial charge >= 0.3 is 5.97 Å². The summed E-state index contributed by atoms with van der Waals surface area (Å²) in [6.45, 7) is 0. The molecule has 8 heteroatoms. The molecule has 3 aliphatic carbocycles. The third kappa shape index (κ3) is 4.71. The summed E-state index contributed by atoms with van der Waals surface area (Å²) < 4.78 is 29.2. The molecule has 1 saturated carbocycles. The van der Waals surface area contributed by atoms with Crippen LogP contribution in [0, 0.1) is 6.07 Å². The van der Waals surface area contributed by atoms with Gasteiger partial charge in [-0.3, -0.25) is 14.4 Å². The number of ether oxygens (including phenoxy) is 5. The van der Waals surface area contributed by atoms with Crippen LogP contribution >= 0.6 is 0 Å². The lowest BCUT2D eigenvalue weighted by Crippen LogP contribution is -2.27. The number of benzene rings is 4. The Hall–Kier alpha value is -5.11. The Labute approximate surface area is 267 Å². The molecule has 0 aliphatic heterocycles. The fraction of sp³-hybridized carbons (Fsp3) is 0.289. The molecule has 0 amide bonds. The van der Waals surface area contributed by atoms with Gasteiger partial charge in [0.05, 0.1) is 33.9 Å². The second-order valence-electron chi connectivity index (χ2n) is 11.9. The Bertz CT molecular complexity index is 1930. The summed E-state index contributed by atoms with van der Waals surface area (Å²) in [5.74, 6) is 1.55. The molecule has 0 N–H and O–H groups in total. The maximum Gasteiger partial charge on any atom is 0.322 e. The smallest absolute Gasteiger partial charge is 0.322 e. The molecule has 1 radical (unpaired) electrons. The van der Waals surface area contributed by atoms with Gasteiger partial charge < -0.3 is 23.7 Å². The first-order valence-electron chi connectivity index (χ1n) is 15.3. The van der Waals surface area contributed by atoms with E-state index in [1.165, 1.54) is 14.2 Å². The molecule has 4 aromatic carbocycles. The normalized spacial score (nSPS) is 15.7. The van der Waals surface area contributed by atoms with E-state index in [2.05, 4.69) is 6.07 Å². The van der Waals surface area contributed by atoms with E-state index in [1.807, 2.05) is 48.5 Å². The van der Waals surface area contributed by atoms with Crippen LogP contribution in [0.2, 0.25) is 0 Å². The van der Waals surface area contributed by atoms with Gasteiger partial charge in [0.2, 0.25) is 5.75 Å². The van der Waals surface area contributed by atoms with E-state index in [9.17, 15) is 14.4 Å². The number of esters is 1. The Kier molecular flexibility index (Phi) is 7.31. The lowest BCUT2D eigenvalue weighted by molar-refractivity contribution is -0.137. The first kappa shape index (κ1) is 29.6. The van der Waals surface area contributed by atoms with Crippen molar-refractivity contribution in [2.45, 2.75) is 43.9 Å². The molecular weight excluding hydrogens is 584 g/mol. The fourth-order valence-corrected chi connectivity index (χ4v) is 6.78. The topological polar surface area (TPSA) is 97.4 Å². The summed E-state index contributed by atoms with van der Waals surface area (Å²) in [6.07, 6.45) is 3.44. The van der Waals surface area contributed by atoms with E-state index in [0.29, 0.717) is 72.6 Å². The standard InChI is InChI=1S/C38H33O8/c1-42-32-14-11-28(24-6-10-27-23(18-24)8-13-31(27)40)34(36(32)45-4)46-37(41)38(15-16-38)29-19-25(20-33(43-2)35(29)44-3)21-5-9-26-22(17-21)7-12-30(26)39/h5-6,9-11,14,17-19H,7-8,12-13,15-16H2,1-4H3. The second kappa shape index (κ2) is 11.4. The Balaban J connectivity index is 1.31. The van der Waals surface area contributed by atoms with Crippen LogP contribution in [0.1, 0.15) is 63.1 Å². The van der Waals surface area contributed by atoms with E-state index in [4.69, 9.17) is 23.7 Å². The Morgan fingerprint density at radius 1 is 0.652 bits per heavy atom. The number of aryl methyl sites for hydroxylation is 2. The summed E-state index contributed by atoms with van der Waals surface area (Å²) in [5, 5.41) is 0. The van der Waals surface area contributed by atoms with Gasteiger partial charge in [-0.25, -0.2) is 0 Å². The van der Waals surface area contributed by atoms with Crippen LogP contribution in [0.15, 0.2) is 54.6 Å². The quantitative estimate of drug-likeness (QED) is 0.150. The molecular formula is C38H33O8. The van der Waals surface area contributed by atoms with Crippen molar-refractivity contribution in [3.8, 4) is 51.0 Å². The van der Waals surface area contributed by atoms with Crippen molar-refractivity contribution in [2.24, 2.45) is 0 Å². The molecule has 46 heavy (non-hydrogen) atoms. The molecule has 4 aromatic rings. The number of rotatable bonds is 9. The number of hydrogen-bond donors (Lipinski definition) is 0. The number of carbonyl (C=O) groups is 3. The molecule has 233 valence electrons. The van der Waals surface area contributed by atoms with E-state index in [1.54, 1.807) is 20.3 Å². The zero-order valence-electron chi connectivity index (χ0n) is 26.2. The van der Waals surface area contributed by atoms with Crippen LogP contribution in [-0.2, 0) is 23.1 Å². The number of fused-ring (bicyclic) bond motifs is 2. The number of ketones is 2. The molecule has 8 nitrogen and oxygen atoms in total. The molecule has 0 spiro atoms. The zero-order chi connectivity index (χ0) is 32.2. The third-order valence-electron chi connectivity index (χ3n) is 9.42. The molecule has 0 heterocycles. The van der Waals surface area contributed by atoms with Crippen molar-refractivity contribution < 1.29 is 38.1 Å². The minimum atomic E-state index is -1.01. The first-order chi connectivity index (χ1) is 22.3. The van der Waals surface area contributed by atoms with E-state index in [-0.39, 0.29) is 17.3 Å². The average molecular weight is 618 g/mol. The molecule has 0 bridgehead atoms. The summed E-state index contributed by atoms with van der Waals surface area (Å²) in [6, 6.07) is 20.3. The van der Waals surface area contributed by atoms with Crippen molar-refractivity contribution in [3.05, 3.63) is 88.5 Å². The highest BCUT2D eigenvalue weighted by molar-refractivity contribution is 6.02. The second-order valence-corrected chi connectivity index (χ2v) is 11.9. The number of carbonyl (C=O) groups excluding carboxylic acids is 3. The average Bonchev–Trinajstić information content (AvgIpc) is 3.71. The van der Waals surface area contributed by atoms with Crippen LogP contribution in [-0.4, -0.2) is 46.0 Å². The van der Waals surface area contributed by atoms with Gasteiger partial charge in [-0.05, 0) is 71.7 Å². The number of methoxy groups -OCH3 is 4. The van der Waals surface area contributed by atoms with Crippen LogP contribution in [0.5, 0.6) is 28.7 Å². The monoisotopic (exact) mass is 617 g/mol. The Morgan fingerprint density at radius 2 is 1.26 bits per heavy atom. The van der Waals surface area contributed by atoms with Crippen molar-refractivity contribution >= 4 is 17.5 Å². The van der Waals surface area contributed by atoms with Gasteiger partial charge in [-0.2, -0.15) is 0 Å². The molecule has 3 aliphatic rings. The van der Waals surface area contributed by atoms with Crippen LogP contribution in [0.25, 0.3) is 22.3 Å². The van der Waals surface area contributed by atoms with Crippen LogP contribution in [0.4, 0.5) is 0 Å². The van der Waals surface area contributed by atoms with Crippen molar-refractivity contribution in [2.75, 3.05) is 28.4 Å². The van der Waals surface area contributed by atoms with Crippen molar-refractivity contribution in [1.82, 2.24) is 0 Å².